The Morgan fingerprint density at radius 2 is 1.86 bits per heavy atom. The molecule has 4 aromatic rings. The Morgan fingerprint density at radius 3 is 2.54 bits per heavy atom. The van der Waals surface area contributed by atoms with Gasteiger partial charge < -0.3 is 14.2 Å². The van der Waals surface area contributed by atoms with Gasteiger partial charge in [-0.05, 0) is 62.1 Å². The molecule has 0 atom stereocenters. The van der Waals surface area contributed by atoms with Crippen molar-refractivity contribution in [1.29, 1.82) is 0 Å². The smallest absolute Gasteiger partial charge is 0.339 e. The van der Waals surface area contributed by atoms with E-state index in [1.807, 2.05) is 11.8 Å². The van der Waals surface area contributed by atoms with E-state index in [2.05, 4.69) is 28.8 Å². The number of aryl methyl sites for hydroxylation is 1. The molecule has 6 rings (SSSR count). The van der Waals surface area contributed by atoms with Crippen molar-refractivity contribution in [3.8, 4) is 11.4 Å². The predicted molar refractivity (Wildman–Crippen MR) is 139 cm³/mol. The summed E-state index contributed by atoms with van der Waals surface area (Å²) >= 11 is 0. The largest absolute Gasteiger partial charge is 0.465 e. The van der Waals surface area contributed by atoms with E-state index >= 15 is 4.39 Å². The zero-order chi connectivity index (χ0) is 25.8. The van der Waals surface area contributed by atoms with Crippen molar-refractivity contribution >= 4 is 28.3 Å². The van der Waals surface area contributed by atoms with Crippen LogP contribution in [0.2, 0.25) is 0 Å². The molecule has 0 bridgehead atoms. The van der Waals surface area contributed by atoms with Gasteiger partial charge in [-0.3, -0.25) is 4.79 Å². The molecule has 0 spiro atoms. The summed E-state index contributed by atoms with van der Waals surface area (Å²) in [5, 5.41) is 5.93. The van der Waals surface area contributed by atoms with Crippen LogP contribution in [-0.4, -0.2) is 51.2 Å². The number of fused-ring (bicyclic) bond motifs is 2. The van der Waals surface area contributed by atoms with E-state index < -0.39 is 11.8 Å². The first-order valence-corrected chi connectivity index (χ1v) is 13.0. The maximum Gasteiger partial charge on any atom is 0.339 e. The molecule has 1 amide bonds. The van der Waals surface area contributed by atoms with E-state index in [0.29, 0.717) is 17.4 Å². The molecule has 8 heteroatoms. The zero-order valence-corrected chi connectivity index (χ0v) is 21.5. The van der Waals surface area contributed by atoms with E-state index in [1.165, 1.54) is 47.8 Å². The number of likely N-dealkylation sites (tertiary alicyclic amines) is 1. The fourth-order valence-corrected chi connectivity index (χ4v) is 5.88. The van der Waals surface area contributed by atoms with Gasteiger partial charge in [-0.1, -0.05) is 18.2 Å². The third-order valence-corrected chi connectivity index (χ3v) is 8.05. The molecule has 1 aliphatic carbocycles. The van der Waals surface area contributed by atoms with Gasteiger partial charge in [0.25, 0.3) is 0 Å². The van der Waals surface area contributed by atoms with E-state index in [1.54, 1.807) is 6.92 Å². The first-order valence-electron chi connectivity index (χ1n) is 13.0. The Kier molecular flexibility index (Phi) is 5.77. The van der Waals surface area contributed by atoms with Gasteiger partial charge in [0, 0.05) is 43.7 Å². The summed E-state index contributed by atoms with van der Waals surface area (Å²) in [7, 11) is 1.28. The minimum Gasteiger partial charge on any atom is -0.465 e. The SMILES string of the molecule is COC(=O)c1cc(F)c2c(C)c(-c3cc4cccc(C5CCN(C(C)=O)CC5)c4n3CC3CC3)nn2c1. The third kappa shape index (κ3) is 4.08. The number of carbonyl (C=O) groups excluding carboxylic acids is 2. The van der Waals surface area contributed by atoms with Crippen LogP contribution in [0.1, 0.15) is 60.0 Å². The van der Waals surface area contributed by atoms with Crippen LogP contribution in [0, 0.1) is 18.7 Å². The number of hydrogen-bond donors (Lipinski definition) is 0. The summed E-state index contributed by atoms with van der Waals surface area (Å²) in [5.41, 5.74) is 5.45. The van der Waals surface area contributed by atoms with Crippen molar-refractivity contribution < 1.29 is 18.7 Å². The van der Waals surface area contributed by atoms with Gasteiger partial charge in [0.1, 0.15) is 17.0 Å². The van der Waals surface area contributed by atoms with Crippen LogP contribution in [0.25, 0.3) is 27.8 Å². The van der Waals surface area contributed by atoms with Crippen molar-refractivity contribution in [2.45, 2.75) is 52.0 Å². The van der Waals surface area contributed by atoms with Crippen LogP contribution >= 0.6 is 0 Å². The Morgan fingerprint density at radius 1 is 1.11 bits per heavy atom. The average molecular weight is 503 g/mol. The molecule has 3 aromatic heterocycles. The lowest BCUT2D eigenvalue weighted by atomic mass is 9.88. The number of halogens is 1. The molecule has 0 unspecified atom stereocenters. The number of methoxy groups -OCH3 is 1. The molecule has 1 saturated heterocycles. The van der Waals surface area contributed by atoms with Gasteiger partial charge in [-0.15, -0.1) is 0 Å². The molecule has 37 heavy (non-hydrogen) atoms. The molecule has 7 nitrogen and oxygen atoms in total. The predicted octanol–water partition coefficient (Wildman–Crippen LogP) is 5.33. The van der Waals surface area contributed by atoms with Crippen molar-refractivity contribution in [1.82, 2.24) is 19.1 Å². The highest BCUT2D eigenvalue weighted by atomic mass is 19.1. The zero-order valence-electron chi connectivity index (χ0n) is 21.5. The maximum atomic E-state index is 15.2. The number of ether oxygens (including phenoxy) is 1. The molecule has 0 radical (unpaired) electrons. The lowest BCUT2D eigenvalue weighted by molar-refractivity contribution is -0.129. The second-order valence-electron chi connectivity index (χ2n) is 10.5. The van der Waals surface area contributed by atoms with E-state index in [9.17, 15) is 9.59 Å². The number of esters is 1. The number of aromatic nitrogens is 3. The number of amides is 1. The molecule has 2 aliphatic rings. The first kappa shape index (κ1) is 23.7. The monoisotopic (exact) mass is 502 g/mol. The van der Waals surface area contributed by atoms with E-state index in [0.717, 1.165) is 54.8 Å². The Labute approximate surface area is 214 Å². The van der Waals surface area contributed by atoms with Gasteiger partial charge in [-0.2, -0.15) is 5.10 Å². The maximum absolute atomic E-state index is 15.2. The summed E-state index contributed by atoms with van der Waals surface area (Å²) in [6, 6.07) is 9.85. The number of para-hydroxylation sites is 1. The van der Waals surface area contributed by atoms with Gasteiger partial charge >= 0.3 is 5.97 Å². The number of carbonyl (C=O) groups is 2. The fraction of sp³-hybridized carbons (Fsp3) is 0.414. The summed E-state index contributed by atoms with van der Waals surface area (Å²) in [5.74, 6) is 0.0471. The normalized spacial score (nSPS) is 16.6. The highest BCUT2D eigenvalue weighted by Crippen LogP contribution is 2.41. The standard InChI is InChI=1S/C29H31FN4O3/c1-17-26(31-34-16-22(29(36)37-3)13-24(30)27(17)34)25-14-21-5-4-6-23(28(21)33(25)15-19-7-8-19)20-9-11-32(12-10-20)18(2)35/h4-6,13-14,16,19-20H,7-12,15H2,1-3H3. The molecule has 2 fully saturated rings. The Balaban J connectivity index is 1.50. The van der Waals surface area contributed by atoms with Crippen LogP contribution in [0.3, 0.4) is 0 Å². The summed E-state index contributed by atoms with van der Waals surface area (Å²) in [6.07, 6.45) is 5.83. The molecule has 192 valence electrons. The van der Waals surface area contributed by atoms with Gasteiger partial charge in [0.15, 0.2) is 0 Å². The average Bonchev–Trinajstić information content (AvgIpc) is 3.56. The van der Waals surface area contributed by atoms with Crippen LogP contribution in [0.15, 0.2) is 36.5 Å². The molecule has 1 saturated carbocycles. The highest BCUT2D eigenvalue weighted by molar-refractivity contribution is 5.92. The van der Waals surface area contributed by atoms with Gasteiger partial charge in [-0.25, -0.2) is 13.7 Å². The molecular formula is C29H31FN4O3. The highest BCUT2D eigenvalue weighted by Gasteiger charge is 2.29. The van der Waals surface area contributed by atoms with Crippen LogP contribution < -0.4 is 0 Å². The Hall–Kier alpha value is -3.68. The van der Waals surface area contributed by atoms with Crippen molar-refractivity contribution in [2.75, 3.05) is 20.2 Å². The third-order valence-electron chi connectivity index (χ3n) is 8.05. The summed E-state index contributed by atoms with van der Waals surface area (Å²) in [4.78, 5) is 25.9. The number of nitrogens with zero attached hydrogens (tertiary/aromatic N) is 4. The topological polar surface area (TPSA) is 68.8 Å². The van der Waals surface area contributed by atoms with Gasteiger partial charge in [0.2, 0.25) is 5.91 Å². The number of rotatable bonds is 5. The number of pyridine rings is 1. The quantitative estimate of drug-likeness (QED) is 0.346. The molecule has 4 heterocycles. The lowest BCUT2D eigenvalue weighted by Gasteiger charge is -2.32. The molecule has 1 aliphatic heterocycles. The van der Waals surface area contributed by atoms with Gasteiger partial charge in [0.05, 0.1) is 23.9 Å². The minimum atomic E-state index is -0.598. The van der Waals surface area contributed by atoms with Crippen LogP contribution in [0.5, 0.6) is 0 Å². The minimum absolute atomic E-state index is 0.124. The van der Waals surface area contributed by atoms with E-state index in [4.69, 9.17) is 9.84 Å². The lowest BCUT2D eigenvalue weighted by Crippen LogP contribution is -2.36. The summed E-state index contributed by atoms with van der Waals surface area (Å²) < 4.78 is 23.8. The Bertz CT molecular complexity index is 1540. The molecule has 1 aromatic carbocycles. The summed E-state index contributed by atoms with van der Waals surface area (Å²) in [6.45, 7) is 5.98. The first-order chi connectivity index (χ1) is 17.9. The number of benzene rings is 1. The van der Waals surface area contributed by atoms with Crippen LogP contribution in [0.4, 0.5) is 4.39 Å². The van der Waals surface area contributed by atoms with E-state index in [-0.39, 0.29) is 11.5 Å². The number of piperidine rings is 1. The molecular weight excluding hydrogens is 471 g/mol. The molecule has 0 N–H and O–H groups in total. The van der Waals surface area contributed by atoms with Crippen molar-refractivity contribution in [3.05, 3.63) is 59.0 Å². The van der Waals surface area contributed by atoms with Crippen molar-refractivity contribution in [3.63, 3.8) is 0 Å². The van der Waals surface area contributed by atoms with Crippen LogP contribution in [-0.2, 0) is 16.1 Å². The number of hydrogen-bond acceptors (Lipinski definition) is 4. The second-order valence-corrected chi connectivity index (χ2v) is 10.5. The fourth-order valence-electron chi connectivity index (χ4n) is 5.88. The van der Waals surface area contributed by atoms with Crippen molar-refractivity contribution in [2.24, 2.45) is 5.92 Å². The second kappa shape index (κ2) is 9.01.